The van der Waals surface area contributed by atoms with Gasteiger partial charge in [-0.3, -0.25) is 0 Å². The Hall–Kier alpha value is -7.40. The molecule has 0 radical (unpaired) electrons. The maximum absolute atomic E-state index is 7.10. The van der Waals surface area contributed by atoms with Crippen molar-refractivity contribution in [2.75, 3.05) is 9.80 Å². The molecule has 0 saturated heterocycles. The van der Waals surface area contributed by atoms with E-state index in [0.29, 0.717) is 35.2 Å². The van der Waals surface area contributed by atoms with Crippen molar-refractivity contribution in [3.05, 3.63) is 210 Å². The number of fused-ring (bicyclic) bond motifs is 8. The maximum atomic E-state index is 7.10. The molecule has 0 spiro atoms. The quantitative estimate of drug-likeness (QED) is 0.121. The van der Waals surface area contributed by atoms with Gasteiger partial charge in [-0.25, -0.2) is 4.98 Å². The van der Waals surface area contributed by atoms with Crippen LogP contribution < -0.4 is 14.5 Å². The van der Waals surface area contributed by atoms with Crippen molar-refractivity contribution in [3.63, 3.8) is 0 Å². The summed E-state index contributed by atoms with van der Waals surface area (Å²) in [7, 11) is 0. The van der Waals surface area contributed by atoms with Crippen molar-refractivity contribution in [1.82, 2.24) is 9.55 Å². The van der Waals surface area contributed by atoms with Crippen LogP contribution in [0.15, 0.2) is 162 Å². The average Bonchev–Trinajstić information content (AvgIpc) is 4.34. The molecule has 4 heterocycles. The smallest absolute Gasteiger partial charge is 0.135 e. The molecule has 1 aliphatic rings. The summed E-state index contributed by atoms with van der Waals surface area (Å²) in [5.41, 5.74) is 20.2. The first-order chi connectivity index (χ1) is 38.3. The minimum absolute atomic E-state index is 0. The number of furan rings is 1. The summed E-state index contributed by atoms with van der Waals surface area (Å²) in [6.07, 6.45) is 1.91. The molecule has 0 saturated carbocycles. The fourth-order valence-electron chi connectivity index (χ4n) is 12.2. The van der Waals surface area contributed by atoms with Crippen LogP contribution in [0.25, 0.3) is 71.8 Å². The third kappa shape index (κ3) is 9.75. The largest absolute Gasteiger partial charge is 0.509 e. The van der Waals surface area contributed by atoms with Crippen LogP contribution in [0.3, 0.4) is 0 Å². The zero-order valence-corrected chi connectivity index (χ0v) is 51.6. The summed E-state index contributed by atoms with van der Waals surface area (Å²) >= 11 is 0. The first-order valence-corrected chi connectivity index (χ1v) is 28.7. The van der Waals surface area contributed by atoms with Gasteiger partial charge in [0.25, 0.3) is 0 Å². The number of anilines is 4. The average molecular weight is 1250 g/mol. The number of hydrogen-bond acceptors (Lipinski definition) is 5. The first kappa shape index (κ1) is 55.5. The molecule has 1 aliphatic heterocycles. The summed E-state index contributed by atoms with van der Waals surface area (Å²) in [6, 6.07) is 62.8. The van der Waals surface area contributed by atoms with Gasteiger partial charge in [-0.2, -0.15) is 6.07 Å². The van der Waals surface area contributed by atoms with Crippen LogP contribution in [0.2, 0.25) is 0 Å². The van der Waals surface area contributed by atoms with Gasteiger partial charge in [0.1, 0.15) is 17.0 Å². The molecule has 0 N–H and O–H groups in total. The van der Waals surface area contributed by atoms with E-state index >= 15 is 0 Å². The van der Waals surface area contributed by atoms with Crippen LogP contribution in [-0.2, 0) is 31.9 Å². The fraction of sp³-hybridized carbons (Fsp3) is 0.270. The summed E-state index contributed by atoms with van der Waals surface area (Å²) in [4.78, 5) is 9.79. The van der Waals surface area contributed by atoms with Crippen molar-refractivity contribution >= 4 is 66.5 Å². The summed E-state index contributed by atoms with van der Waals surface area (Å²) in [5, 5.41) is 4.18. The molecular weight excluding hydrogens is 1170 g/mol. The van der Waals surface area contributed by atoms with E-state index in [4.69, 9.17) is 14.1 Å². The van der Waals surface area contributed by atoms with E-state index in [1.165, 1.54) is 50.1 Å². The van der Waals surface area contributed by atoms with Gasteiger partial charge in [0.05, 0.1) is 0 Å². The van der Waals surface area contributed by atoms with Crippen LogP contribution in [0.1, 0.15) is 154 Å². The van der Waals surface area contributed by atoms with Crippen LogP contribution in [0.5, 0.6) is 11.5 Å². The van der Waals surface area contributed by atoms with Crippen molar-refractivity contribution in [2.24, 2.45) is 0 Å². The molecule has 7 heteroatoms. The maximum Gasteiger partial charge on any atom is 0.135 e. The standard InChI is InChI=1S/C74H73N4O2.Pt/c1-44(2)53-23-19-24-54(45(3)4)68(53)60-27-21-28-61(69-55(46(5)6)25-20-26-56(69)47(7)8)71(60)77-43-76(62-29-16-17-30-63(62)77)50-38-49(74(12,13)14)39-52(41-50)79-51-32-33-59-65(42-51)78(67-40-48(36-37-75-67)73(9,10)11)64-35-34-58-57-22-15-18-31-66(57)80-72(58)70(59)64;/h15-40,43-47H,1-14H3;/q-3;. The fourth-order valence-corrected chi connectivity index (χ4v) is 12.2. The molecule has 12 rings (SSSR count). The van der Waals surface area contributed by atoms with Crippen LogP contribution >= 0.6 is 0 Å². The third-order valence-corrected chi connectivity index (χ3v) is 16.4. The zero-order valence-electron chi connectivity index (χ0n) is 49.3. The predicted molar refractivity (Wildman–Crippen MR) is 336 cm³/mol. The molecule has 0 atom stereocenters. The second kappa shape index (κ2) is 21.2. The number of aromatic nitrogens is 2. The molecule has 11 aromatic rings. The van der Waals surface area contributed by atoms with E-state index in [2.05, 4.69) is 264 Å². The number of benzene rings is 8. The Balaban J connectivity index is 0.00000690. The van der Waals surface area contributed by atoms with Gasteiger partial charge in [-0.1, -0.05) is 193 Å². The number of hydrogen-bond donors (Lipinski definition) is 0. The number of para-hydroxylation sites is 4. The molecule has 81 heavy (non-hydrogen) atoms. The van der Waals surface area contributed by atoms with Gasteiger partial charge >= 0.3 is 0 Å². The van der Waals surface area contributed by atoms with E-state index in [-0.39, 0.29) is 31.9 Å². The topological polar surface area (TPSA) is 46.7 Å². The van der Waals surface area contributed by atoms with Gasteiger partial charge in [0.2, 0.25) is 0 Å². The molecule has 3 aromatic heterocycles. The van der Waals surface area contributed by atoms with Crippen molar-refractivity contribution < 1.29 is 30.2 Å². The minimum Gasteiger partial charge on any atom is -0.509 e. The van der Waals surface area contributed by atoms with E-state index in [0.717, 1.165) is 77.9 Å². The number of ether oxygens (including phenoxy) is 1. The van der Waals surface area contributed by atoms with Gasteiger partial charge in [-0.05, 0) is 121 Å². The molecule has 0 amide bonds. The van der Waals surface area contributed by atoms with E-state index in [1.54, 1.807) is 0 Å². The van der Waals surface area contributed by atoms with E-state index < -0.39 is 0 Å². The number of nitrogens with zero attached hydrogens (tertiary/aromatic N) is 4. The van der Waals surface area contributed by atoms with Crippen LogP contribution in [0.4, 0.5) is 22.7 Å². The monoisotopic (exact) mass is 1240 g/mol. The molecule has 414 valence electrons. The Morgan fingerprint density at radius 2 is 1.07 bits per heavy atom. The minimum atomic E-state index is -0.232. The SMILES string of the molecule is CC(C)c1cccc(C(C)C)c1-c1cccc(-c2c(C(C)C)cccc2C(C)C)c1N1[CH-]N(c2[c-]c(Oc3[c-]c4c(cc3)c3c5oc6ccccc6c5ccc3n4-c3cc(C(C)(C)C)ccn3)cc(C(C)(C)C)c2)c2ccccc21.[Pt]. The molecule has 6 nitrogen and oxygen atoms in total. The zero-order chi connectivity index (χ0) is 56.1. The van der Waals surface area contributed by atoms with Crippen LogP contribution in [0, 0.1) is 18.8 Å². The molecule has 0 unspecified atom stereocenters. The normalized spacial score (nSPS) is 13.1. The molecule has 8 aromatic carbocycles. The van der Waals surface area contributed by atoms with Crippen molar-refractivity contribution in [1.29, 1.82) is 0 Å². The van der Waals surface area contributed by atoms with Gasteiger partial charge in [0, 0.05) is 83.2 Å². The van der Waals surface area contributed by atoms with E-state index in [9.17, 15) is 0 Å². The first-order valence-electron chi connectivity index (χ1n) is 28.7. The van der Waals surface area contributed by atoms with E-state index in [1.807, 2.05) is 24.4 Å². The Labute approximate surface area is 494 Å². The third-order valence-electron chi connectivity index (χ3n) is 16.4. The second-order valence-electron chi connectivity index (χ2n) is 25.3. The summed E-state index contributed by atoms with van der Waals surface area (Å²) in [5.74, 6) is 3.20. The number of pyridine rings is 1. The van der Waals surface area contributed by atoms with Crippen molar-refractivity contribution in [3.8, 4) is 39.6 Å². The Morgan fingerprint density at radius 3 is 1.67 bits per heavy atom. The molecule has 0 bridgehead atoms. The summed E-state index contributed by atoms with van der Waals surface area (Å²) in [6.45, 7) is 34.4. The van der Waals surface area contributed by atoms with Gasteiger partial charge in [-0.15, -0.1) is 48.3 Å². The molecule has 0 fully saturated rings. The number of rotatable bonds is 11. The Kier molecular flexibility index (Phi) is 14.5. The summed E-state index contributed by atoms with van der Waals surface area (Å²) < 4.78 is 16.0. The predicted octanol–water partition coefficient (Wildman–Crippen LogP) is 21.3. The van der Waals surface area contributed by atoms with Crippen LogP contribution in [-0.4, -0.2) is 9.55 Å². The van der Waals surface area contributed by atoms with Crippen molar-refractivity contribution in [2.45, 2.75) is 131 Å². The Morgan fingerprint density at radius 1 is 0.519 bits per heavy atom. The van der Waals surface area contributed by atoms with Gasteiger partial charge in [0.15, 0.2) is 0 Å². The Bertz CT molecular complexity index is 4060. The molecule has 0 aliphatic carbocycles. The molecular formula is C74H73N4O2Pt-3. The second-order valence-corrected chi connectivity index (χ2v) is 25.3. The van der Waals surface area contributed by atoms with Gasteiger partial charge < -0.3 is 23.5 Å².